The Morgan fingerprint density at radius 1 is 1.09 bits per heavy atom. The van der Waals surface area contributed by atoms with E-state index in [-0.39, 0.29) is 12.1 Å². The van der Waals surface area contributed by atoms with Crippen LogP contribution in [0.3, 0.4) is 0 Å². The van der Waals surface area contributed by atoms with Crippen LogP contribution in [-0.2, 0) is 0 Å². The van der Waals surface area contributed by atoms with Crippen LogP contribution < -0.4 is 15.4 Å². The summed E-state index contributed by atoms with van der Waals surface area (Å²) in [6, 6.07) is 12.0. The number of hydrogen-bond acceptors (Lipinski definition) is 2. The van der Waals surface area contributed by atoms with Gasteiger partial charge in [0, 0.05) is 27.7 Å². The number of amides is 2. The van der Waals surface area contributed by atoms with Crippen LogP contribution in [-0.4, -0.2) is 12.6 Å². The molecule has 0 radical (unpaired) electrons. The predicted octanol–water partition coefficient (Wildman–Crippen LogP) is 4.64. The van der Waals surface area contributed by atoms with Gasteiger partial charge in [0.25, 0.3) is 0 Å². The number of hydrogen-bond donors (Lipinski definition) is 2. The molecular formula is C16H14Cl2N2O2. The van der Waals surface area contributed by atoms with Crippen molar-refractivity contribution in [2.45, 2.75) is 12.5 Å². The number of carbonyl (C=O) groups is 1. The first-order valence-electron chi connectivity index (χ1n) is 6.87. The zero-order valence-corrected chi connectivity index (χ0v) is 13.1. The van der Waals surface area contributed by atoms with Crippen molar-refractivity contribution < 1.29 is 9.53 Å². The van der Waals surface area contributed by atoms with E-state index >= 15 is 0 Å². The Hall–Kier alpha value is -1.91. The highest BCUT2D eigenvalue weighted by Gasteiger charge is 2.23. The second kappa shape index (κ2) is 6.46. The summed E-state index contributed by atoms with van der Waals surface area (Å²) >= 11 is 11.8. The summed E-state index contributed by atoms with van der Waals surface area (Å²) in [5, 5.41) is 6.97. The molecule has 0 fully saturated rings. The van der Waals surface area contributed by atoms with Gasteiger partial charge in [-0.15, -0.1) is 0 Å². The van der Waals surface area contributed by atoms with E-state index in [1.54, 1.807) is 30.3 Å². The Morgan fingerprint density at radius 3 is 2.59 bits per heavy atom. The molecule has 0 aliphatic carbocycles. The van der Waals surface area contributed by atoms with E-state index in [0.717, 1.165) is 11.3 Å². The molecule has 1 atom stereocenters. The van der Waals surface area contributed by atoms with Crippen LogP contribution >= 0.6 is 23.2 Å². The zero-order chi connectivity index (χ0) is 15.5. The Kier molecular flexibility index (Phi) is 4.41. The summed E-state index contributed by atoms with van der Waals surface area (Å²) < 4.78 is 5.58. The lowest BCUT2D eigenvalue weighted by molar-refractivity contribution is 0.232. The first-order chi connectivity index (χ1) is 10.6. The van der Waals surface area contributed by atoms with Crippen molar-refractivity contribution in [2.75, 3.05) is 11.9 Å². The number of anilines is 1. The number of carbonyl (C=O) groups excluding carboxylic acids is 1. The molecule has 6 heteroatoms. The molecule has 1 heterocycles. The summed E-state index contributed by atoms with van der Waals surface area (Å²) in [4.78, 5) is 12.1. The molecule has 0 saturated heterocycles. The van der Waals surface area contributed by atoms with Crippen LogP contribution in [0, 0.1) is 0 Å². The summed E-state index contributed by atoms with van der Waals surface area (Å²) in [5.74, 6) is 0.757. The summed E-state index contributed by atoms with van der Waals surface area (Å²) in [7, 11) is 0. The molecule has 4 nitrogen and oxygen atoms in total. The lowest BCUT2D eigenvalue weighted by atomic mass is 10.0. The Bertz CT molecular complexity index is 689. The number of benzene rings is 2. The monoisotopic (exact) mass is 336 g/mol. The van der Waals surface area contributed by atoms with Crippen LogP contribution in [0.4, 0.5) is 10.5 Å². The van der Waals surface area contributed by atoms with Crippen molar-refractivity contribution >= 4 is 34.9 Å². The smallest absolute Gasteiger partial charge is 0.319 e. The van der Waals surface area contributed by atoms with Crippen molar-refractivity contribution in [3.63, 3.8) is 0 Å². The molecule has 114 valence electrons. The number of ether oxygens (including phenoxy) is 1. The van der Waals surface area contributed by atoms with Gasteiger partial charge in [-0.25, -0.2) is 4.79 Å². The van der Waals surface area contributed by atoms with Gasteiger partial charge in [-0.3, -0.25) is 0 Å². The third kappa shape index (κ3) is 3.46. The highest BCUT2D eigenvalue weighted by molar-refractivity contribution is 6.31. The molecule has 2 aromatic rings. The first-order valence-corrected chi connectivity index (χ1v) is 7.63. The molecule has 2 amide bonds. The molecular weight excluding hydrogens is 323 g/mol. The maximum absolute atomic E-state index is 12.1. The molecule has 0 spiro atoms. The number of halogens is 2. The lowest BCUT2D eigenvalue weighted by Gasteiger charge is -2.27. The van der Waals surface area contributed by atoms with E-state index in [9.17, 15) is 4.79 Å². The summed E-state index contributed by atoms with van der Waals surface area (Å²) in [6.45, 7) is 0.556. The zero-order valence-electron chi connectivity index (χ0n) is 11.6. The molecule has 0 saturated carbocycles. The number of urea groups is 1. The maximum Gasteiger partial charge on any atom is 0.319 e. The number of fused-ring (bicyclic) bond motifs is 1. The van der Waals surface area contributed by atoms with Crippen molar-refractivity contribution in [2.24, 2.45) is 0 Å². The molecule has 1 unspecified atom stereocenters. The van der Waals surface area contributed by atoms with Crippen molar-refractivity contribution in [1.82, 2.24) is 5.32 Å². The molecule has 0 bridgehead atoms. The van der Waals surface area contributed by atoms with Gasteiger partial charge in [0.05, 0.1) is 12.6 Å². The molecule has 3 rings (SSSR count). The van der Waals surface area contributed by atoms with E-state index in [1.807, 2.05) is 12.1 Å². The van der Waals surface area contributed by atoms with Crippen LogP contribution in [0.5, 0.6) is 5.75 Å². The van der Waals surface area contributed by atoms with E-state index in [4.69, 9.17) is 27.9 Å². The van der Waals surface area contributed by atoms with Crippen LogP contribution in [0.25, 0.3) is 0 Å². The third-order valence-electron chi connectivity index (χ3n) is 3.42. The van der Waals surface area contributed by atoms with Crippen LogP contribution in [0.15, 0.2) is 42.5 Å². The lowest BCUT2D eigenvalue weighted by Crippen LogP contribution is -2.35. The van der Waals surface area contributed by atoms with Crippen LogP contribution in [0.1, 0.15) is 18.0 Å². The standard InChI is InChI=1S/C16H14Cl2N2O2/c17-10-1-4-12(5-2-10)19-16(21)20-14-7-8-22-15-6-3-11(18)9-13(14)15/h1-6,9,14H,7-8H2,(H2,19,20,21). The van der Waals surface area contributed by atoms with Crippen molar-refractivity contribution in [3.8, 4) is 5.75 Å². The maximum atomic E-state index is 12.1. The second-order valence-corrected chi connectivity index (χ2v) is 5.85. The van der Waals surface area contributed by atoms with Gasteiger partial charge < -0.3 is 15.4 Å². The largest absolute Gasteiger partial charge is 0.493 e. The Labute approximate surface area is 138 Å². The minimum Gasteiger partial charge on any atom is -0.493 e. The highest BCUT2D eigenvalue weighted by Crippen LogP contribution is 2.34. The van der Waals surface area contributed by atoms with E-state index < -0.39 is 0 Å². The minimum absolute atomic E-state index is 0.130. The average Bonchev–Trinajstić information content (AvgIpc) is 2.50. The predicted molar refractivity (Wildman–Crippen MR) is 87.9 cm³/mol. The van der Waals surface area contributed by atoms with Gasteiger partial charge in [-0.05, 0) is 42.5 Å². The fraction of sp³-hybridized carbons (Fsp3) is 0.188. The van der Waals surface area contributed by atoms with Gasteiger partial charge in [0.1, 0.15) is 5.75 Å². The number of nitrogens with one attached hydrogen (secondary N) is 2. The second-order valence-electron chi connectivity index (χ2n) is 4.98. The quantitative estimate of drug-likeness (QED) is 0.839. The van der Waals surface area contributed by atoms with Gasteiger partial charge in [-0.2, -0.15) is 0 Å². The van der Waals surface area contributed by atoms with E-state index in [1.165, 1.54) is 0 Å². The third-order valence-corrected chi connectivity index (χ3v) is 3.91. The fourth-order valence-electron chi connectivity index (χ4n) is 2.37. The average molecular weight is 337 g/mol. The van der Waals surface area contributed by atoms with Gasteiger partial charge in [0.15, 0.2) is 0 Å². The normalized spacial score (nSPS) is 16.4. The molecule has 2 N–H and O–H groups in total. The summed E-state index contributed by atoms with van der Waals surface area (Å²) in [5.41, 5.74) is 1.57. The van der Waals surface area contributed by atoms with Gasteiger partial charge >= 0.3 is 6.03 Å². The van der Waals surface area contributed by atoms with Gasteiger partial charge in [-0.1, -0.05) is 23.2 Å². The molecule has 0 aromatic heterocycles. The fourth-order valence-corrected chi connectivity index (χ4v) is 2.68. The molecule has 1 aliphatic rings. The SMILES string of the molecule is O=C(Nc1ccc(Cl)cc1)NC1CCOc2ccc(Cl)cc21. The van der Waals surface area contributed by atoms with E-state index in [0.29, 0.717) is 28.8 Å². The van der Waals surface area contributed by atoms with E-state index in [2.05, 4.69) is 10.6 Å². The molecule has 22 heavy (non-hydrogen) atoms. The first kappa shape index (κ1) is 15.0. The van der Waals surface area contributed by atoms with Crippen molar-refractivity contribution in [1.29, 1.82) is 0 Å². The number of rotatable bonds is 2. The molecule has 2 aromatic carbocycles. The van der Waals surface area contributed by atoms with Gasteiger partial charge in [0.2, 0.25) is 0 Å². The van der Waals surface area contributed by atoms with Crippen molar-refractivity contribution in [3.05, 3.63) is 58.1 Å². The minimum atomic E-state index is -0.278. The summed E-state index contributed by atoms with van der Waals surface area (Å²) in [6.07, 6.45) is 0.696. The Morgan fingerprint density at radius 2 is 1.82 bits per heavy atom. The Balaban J connectivity index is 1.70. The highest BCUT2D eigenvalue weighted by atomic mass is 35.5. The molecule has 1 aliphatic heterocycles. The topological polar surface area (TPSA) is 50.4 Å². The van der Waals surface area contributed by atoms with Crippen LogP contribution in [0.2, 0.25) is 10.0 Å².